The van der Waals surface area contributed by atoms with E-state index in [9.17, 15) is 9.59 Å². The summed E-state index contributed by atoms with van der Waals surface area (Å²) in [4.78, 5) is 25.8. The molecule has 1 aliphatic heterocycles. The predicted molar refractivity (Wildman–Crippen MR) is 112 cm³/mol. The number of carbonyl (C=O) groups excluding carboxylic acids is 2. The number of ether oxygens (including phenoxy) is 1. The van der Waals surface area contributed by atoms with Gasteiger partial charge in [-0.1, -0.05) is 0 Å². The van der Waals surface area contributed by atoms with Crippen LogP contribution in [0.15, 0.2) is 52.2 Å². The number of hydrogen-bond acceptors (Lipinski definition) is 5. The van der Waals surface area contributed by atoms with Crippen molar-refractivity contribution in [3.8, 4) is 5.75 Å². The van der Waals surface area contributed by atoms with E-state index in [1.54, 1.807) is 19.4 Å². The summed E-state index contributed by atoms with van der Waals surface area (Å²) in [5.41, 5.74) is 1.74. The summed E-state index contributed by atoms with van der Waals surface area (Å²) in [6.45, 7) is 4.19. The van der Waals surface area contributed by atoms with Crippen LogP contribution in [0.5, 0.6) is 5.75 Å². The summed E-state index contributed by atoms with van der Waals surface area (Å²) in [5.74, 6) is 1.21. The smallest absolute Gasteiger partial charge is 0.298 e. The van der Waals surface area contributed by atoms with Crippen molar-refractivity contribution in [1.29, 1.82) is 0 Å². The molecular formula is C22H29N4O4+. The minimum absolute atomic E-state index is 0.0690. The zero-order chi connectivity index (χ0) is 21.7. The van der Waals surface area contributed by atoms with E-state index in [0.29, 0.717) is 12.2 Å². The highest BCUT2D eigenvalue weighted by Gasteiger charge is 2.36. The second-order valence-electron chi connectivity index (χ2n) is 7.78. The summed E-state index contributed by atoms with van der Waals surface area (Å²) in [7, 11) is 3.44. The van der Waals surface area contributed by atoms with Gasteiger partial charge in [0.2, 0.25) is 0 Å². The molecule has 0 saturated carbocycles. The molecule has 1 aromatic heterocycles. The molecule has 2 atom stereocenters. The van der Waals surface area contributed by atoms with Gasteiger partial charge in [-0.15, -0.1) is 0 Å². The Hall–Kier alpha value is -3.13. The first-order valence-corrected chi connectivity index (χ1v) is 10.1. The number of amides is 2. The zero-order valence-corrected chi connectivity index (χ0v) is 17.8. The molecule has 0 fully saturated rings. The molecule has 0 bridgehead atoms. The van der Waals surface area contributed by atoms with Crippen molar-refractivity contribution < 1.29 is 23.6 Å². The first-order chi connectivity index (χ1) is 14.4. The summed E-state index contributed by atoms with van der Waals surface area (Å²) in [6.07, 6.45) is 2.15. The Labute approximate surface area is 176 Å². The van der Waals surface area contributed by atoms with Crippen LogP contribution in [0.3, 0.4) is 0 Å². The number of rotatable bonds is 8. The van der Waals surface area contributed by atoms with Gasteiger partial charge in [0.15, 0.2) is 13.1 Å². The van der Waals surface area contributed by atoms with Crippen molar-refractivity contribution in [3.05, 3.63) is 54.0 Å². The van der Waals surface area contributed by atoms with Crippen molar-refractivity contribution in [1.82, 2.24) is 10.3 Å². The molecule has 1 aromatic carbocycles. The molecule has 1 aliphatic rings. The van der Waals surface area contributed by atoms with Gasteiger partial charge < -0.3 is 19.4 Å². The van der Waals surface area contributed by atoms with Crippen LogP contribution in [0.4, 0.5) is 0 Å². The fraction of sp³-hybridized carbons (Fsp3) is 0.409. The van der Waals surface area contributed by atoms with E-state index in [1.165, 1.54) is 5.01 Å². The molecule has 0 spiro atoms. The van der Waals surface area contributed by atoms with Gasteiger partial charge >= 0.3 is 0 Å². The molecule has 2 amide bonds. The number of hydrogen-bond donors (Lipinski definition) is 2. The SMILES string of the molecule is COc1ccc(C2=NN(C(=O)C[NH+](C)CC(=O)NC(C)C)[C@H](c3ccco3)C2)cc1. The fourth-order valence-electron chi connectivity index (χ4n) is 3.45. The number of hydrazone groups is 1. The number of carbonyl (C=O) groups is 2. The molecule has 8 nitrogen and oxygen atoms in total. The Bertz CT molecular complexity index is 890. The summed E-state index contributed by atoms with van der Waals surface area (Å²) >= 11 is 0. The van der Waals surface area contributed by atoms with Crippen molar-refractivity contribution >= 4 is 17.5 Å². The van der Waals surface area contributed by atoms with E-state index in [-0.39, 0.29) is 37.0 Å². The Morgan fingerprint density at radius 3 is 2.60 bits per heavy atom. The van der Waals surface area contributed by atoms with E-state index in [1.807, 2.05) is 51.2 Å². The molecule has 0 radical (unpaired) electrons. The van der Waals surface area contributed by atoms with Gasteiger partial charge in [0.05, 0.1) is 26.1 Å². The van der Waals surface area contributed by atoms with Crippen LogP contribution in [0, 0.1) is 0 Å². The largest absolute Gasteiger partial charge is 0.497 e. The van der Waals surface area contributed by atoms with E-state index >= 15 is 0 Å². The van der Waals surface area contributed by atoms with E-state index in [0.717, 1.165) is 21.9 Å². The van der Waals surface area contributed by atoms with Crippen LogP contribution in [-0.2, 0) is 9.59 Å². The number of furan rings is 1. The van der Waals surface area contributed by atoms with Gasteiger partial charge in [0.1, 0.15) is 17.6 Å². The van der Waals surface area contributed by atoms with Crippen molar-refractivity contribution in [2.45, 2.75) is 32.4 Å². The molecule has 3 rings (SSSR count). The third-order valence-corrected chi connectivity index (χ3v) is 4.83. The topological polar surface area (TPSA) is 88.6 Å². The lowest BCUT2D eigenvalue weighted by molar-refractivity contribution is -0.863. The van der Waals surface area contributed by atoms with E-state index in [4.69, 9.17) is 9.15 Å². The van der Waals surface area contributed by atoms with E-state index in [2.05, 4.69) is 10.4 Å². The van der Waals surface area contributed by atoms with Crippen LogP contribution < -0.4 is 15.0 Å². The monoisotopic (exact) mass is 413 g/mol. The number of likely N-dealkylation sites (N-methyl/N-ethyl adjacent to an activating group) is 1. The average Bonchev–Trinajstić information content (AvgIpc) is 3.36. The number of nitrogens with one attached hydrogen (secondary N) is 2. The third-order valence-electron chi connectivity index (χ3n) is 4.83. The van der Waals surface area contributed by atoms with Gasteiger partial charge in [-0.25, -0.2) is 5.01 Å². The summed E-state index contributed by atoms with van der Waals surface area (Å²) in [6, 6.07) is 11.0. The Kier molecular flexibility index (Phi) is 6.89. The lowest BCUT2D eigenvalue weighted by atomic mass is 10.0. The highest BCUT2D eigenvalue weighted by atomic mass is 16.5. The minimum atomic E-state index is -0.304. The van der Waals surface area contributed by atoms with Gasteiger partial charge in [-0.05, 0) is 55.8 Å². The van der Waals surface area contributed by atoms with Crippen molar-refractivity contribution in [2.75, 3.05) is 27.2 Å². The minimum Gasteiger partial charge on any atom is -0.497 e. The van der Waals surface area contributed by atoms with Crippen molar-refractivity contribution in [3.63, 3.8) is 0 Å². The molecule has 0 saturated heterocycles. The molecule has 2 aromatic rings. The first-order valence-electron chi connectivity index (χ1n) is 10.1. The van der Waals surface area contributed by atoms with Gasteiger partial charge in [-0.3, -0.25) is 9.59 Å². The molecule has 2 N–H and O–H groups in total. The average molecular weight is 413 g/mol. The summed E-state index contributed by atoms with van der Waals surface area (Å²) in [5, 5.41) is 8.95. The van der Waals surface area contributed by atoms with Crippen LogP contribution in [0.2, 0.25) is 0 Å². The molecule has 2 heterocycles. The lowest BCUT2D eigenvalue weighted by Crippen LogP contribution is -3.11. The van der Waals surface area contributed by atoms with E-state index < -0.39 is 0 Å². The second kappa shape index (κ2) is 9.58. The maximum atomic E-state index is 13.0. The number of quaternary nitrogens is 1. The fourth-order valence-corrected chi connectivity index (χ4v) is 3.45. The quantitative estimate of drug-likeness (QED) is 0.676. The van der Waals surface area contributed by atoms with Crippen LogP contribution in [0.25, 0.3) is 0 Å². The summed E-state index contributed by atoms with van der Waals surface area (Å²) < 4.78 is 10.8. The predicted octanol–water partition coefficient (Wildman–Crippen LogP) is 1.01. The zero-order valence-electron chi connectivity index (χ0n) is 17.8. The second-order valence-corrected chi connectivity index (χ2v) is 7.78. The third kappa shape index (κ3) is 5.27. The highest BCUT2D eigenvalue weighted by molar-refractivity contribution is 6.03. The van der Waals surface area contributed by atoms with Crippen molar-refractivity contribution in [2.24, 2.45) is 5.10 Å². The lowest BCUT2D eigenvalue weighted by Gasteiger charge is -2.21. The molecule has 1 unspecified atom stereocenters. The maximum absolute atomic E-state index is 13.0. The molecular weight excluding hydrogens is 384 g/mol. The standard InChI is InChI=1S/C22H28N4O4/c1-15(2)23-21(27)13-25(3)14-22(28)26-19(20-6-5-11-30-20)12-18(24-26)16-7-9-17(29-4)10-8-16/h5-11,15,19H,12-14H2,1-4H3,(H,23,27)/p+1/t19-/m0/s1. The normalized spacial score (nSPS) is 17.0. The number of methoxy groups -OCH3 is 1. The van der Waals surface area contributed by atoms with Crippen LogP contribution in [-0.4, -0.2) is 55.8 Å². The Morgan fingerprint density at radius 1 is 1.27 bits per heavy atom. The first kappa shape index (κ1) is 21.6. The maximum Gasteiger partial charge on any atom is 0.298 e. The van der Waals surface area contributed by atoms with Crippen LogP contribution >= 0.6 is 0 Å². The van der Waals surface area contributed by atoms with Crippen LogP contribution in [0.1, 0.15) is 37.6 Å². The molecule has 0 aliphatic carbocycles. The van der Waals surface area contributed by atoms with Gasteiger partial charge in [0, 0.05) is 12.5 Å². The van der Waals surface area contributed by atoms with Gasteiger partial charge in [0.25, 0.3) is 11.8 Å². The van der Waals surface area contributed by atoms with Gasteiger partial charge in [-0.2, -0.15) is 5.10 Å². The molecule has 160 valence electrons. The Balaban J connectivity index is 1.75. The number of benzene rings is 1. The molecule has 30 heavy (non-hydrogen) atoms. The highest BCUT2D eigenvalue weighted by Crippen LogP contribution is 2.33. The Morgan fingerprint density at radius 2 is 2.00 bits per heavy atom. The number of nitrogens with zero attached hydrogens (tertiary/aromatic N) is 2. The molecule has 8 heteroatoms.